The van der Waals surface area contributed by atoms with Crippen LogP contribution in [0.3, 0.4) is 0 Å². The fourth-order valence-electron chi connectivity index (χ4n) is 2.14. The minimum absolute atomic E-state index is 0.760. The highest BCUT2D eigenvalue weighted by atomic mass is 16.5. The van der Waals surface area contributed by atoms with Gasteiger partial charge in [0.25, 0.3) is 0 Å². The van der Waals surface area contributed by atoms with Gasteiger partial charge >= 0.3 is 0 Å². The second-order valence-electron chi connectivity index (χ2n) is 4.90. The van der Waals surface area contributed by atoms with E-state index < -0.39 is 0 Å². The molecule has 0 radical (unpaired) electrons. The first kappa shape index (κ1) is 12.5. The van der Waals surface area contributed by atoms with Gasteiger partial charge in [-0.1, -0.05) is 18.2 Å². The van der Waals surface area contributed by atoms with Crippen LogP contribution in [0.15, 0.2) is 48.5 Å². The van der Waals surface area contributed by atoms with Gasteiger partial charge in [0.2, 0.25) is 0 Å². The number of para-hydroxylation sites is 1. The summed E-state index contributed by atoms with van der Waals surface area (Å²) in [6, 6.07) is 15.6. The normalized spacial score (nSPS) is 10.7. The van der Waals surface area contributed by atoms with Crippen LogP contribution in [0.2, 0.25) is 0 Å². The van der Waals surface area contributed by atoms with Gasteiger partial charge in [0.15, 0.2) is 5.75 Å². The van der Waals surface area contributed by atoms with Crippen LogP contribution in [0.4, 0.5) is 5.69 Å². The molecule has 0 saturated heterocycles. The highest BCUT2D eigenvalue weighted by Crippen LogP contribution is 2.30. The molecule has 1 aromatic heterocycles. The molecule has 20 heavy (non-hydrogen) atoms. The van der Waals surface area contributed by atoms with Crippen molar-refractivity contribution in [1.29, 1.82) is 0 Å². The average molecular weight is 264 g/mol. The Morgan fingerprint density at radius 3 is 2.65 bits per heavy atom. The molecule has 100 valence electrons. The summed E-state index contributed by atoms with van der Waals surface area (Å²) in [5.74, 6) is 1.53. The van der Waals surface area contributed by atoms with Gasteiger partial charge in [0.05, 0.1) is 0 Å². The average Bonchev–Trinajstić information content (AvgIpc) is 2.44. The van der Waals surface area contributed by atoms with Gasteiger partial charge in [-0.2, -0.15) is 0 Å². The molecule has 0 bridgehead atoms. The van der Waals surface area contributed by atoms with E-state index in [4.69, 9.17) is 10.5 Å². The number of pyridine rings is 1. The lowest BCUT2D eigenvalue weighted by Crippen LogP contribution is -1.92. The predicted octanol–water partition coefficient (Wildman–Crippen LogP) is 4.23. The largest absolute Gasteiger partial charge is 0.455 e. The summed E-state index contributed by atoms with van der Waals surface area (Å²) < 4.78 is 5.96. The van der Waals surface area contributed by atoms with Gasteiger partial charge in [-0.3, -0.25) is 0 Å². The molecule has 0 aliphatic carbocycles. The quantitative estimate of drug-likeness (QED) is 0.705. The minimum Gasteiger partial charge on any atom is -0.455 e. The second-order valence-corrected chi connectivity index (χ2v) is 4.90. The number of hydrogen-bond donors (Lipinski definition) is 1. The maximum Gasteiger partial charge on any atom is 0.153 e. The summed E-state index contributed by atoms with van der Waals surface area (Å²) in [5, 5.41) is 1.07. The smallest absolute Gasteiger partial charge is 0.153 e. The molecule has 3 nitrogen and oxygen atoms in total. The van der Waals surface area contributed by atoms with Crippen molar-refractivity contribution in [3.63, 3.8) is 0 Å². The van der Waals surface area contributed by atoms with Gasteiger partial charge in [-0.15, -0.1) is 0 Å². The van der Waals surface area contributed by atoms with Gasteiger partial charge in [-0.25, -0.2) is 4.98 Å². The molecule has 1 heterocycles. The topological polar surface area (TPSA) is 48.1 Å². The fourth-order valence-corrected chi connectivity index (χ4v) is 2.14. The van der Waals surface area contributed by atoms with E-state index in [1.54, 1.807) is 0 Å². The standard InChI is InChI=1S/C17H16N2O/c1-11-10-14(8-9-15(11)18)20-16-5-3-4-13-7-6-12(2)19-17(13)16/h3-10H,18H2,1-2H3. The third-order valence-electron chi connectivity index (χ3n) is 3.29. The maximum atomic E-state index is 5.96. The van der Waals surface area contributed by atoms with Crippen molar-refractivity contribution in [1.82, 2.24) is 4.98 Å². The Hall–Kier alpha value is -2.55. The zero-order valence-corrected chi connectivity index (χ0v) is 11.6. The molecule has 0 aliphatic rings. The first-order chi connectivity index (χ1) is 9.63. The first-order valence-electron chi connectivity index (χ1n) is 6.54. The number of ether oxygens (including phenoxy) is 1. The number of aryl methyl sites for hydroxylation is 2. The van der Waals surface area contributed by atoms with Crippen LogP contribution in [0.5, 0.6) is 11.5 Å². The van der Waals surface area contributed by atoms with Crippen LogP contribution in [0.25, 0.3) is 10.9 Å². The van der Waals surface area contributed by atoms with E-state index in [2.05, 4.69) is 11.1 Å². The summed E-state index contributed by atoms with van der Waals surface area (Å²) in [6.07, 6.45) is 0. The highest BCUT2D eigenvalue weighted by molar-refractivity contribution is 5.84. The molecule has 3 aromatic rings. The zero-order chi connectivity index (χ0) is 14.1. The Morgan fingerprint density at radius 2 is 1.85 bits per heavy atom. The molecule has 2 aromatic carbocycles. The molecule has 0 unspecified atom stereocenters. The number of anilines is 1. The third-order valence-corrected chi connectivity index (χ3v) is 3.29. The Balaban J connectivity index is 2.05. The molecule has 0 aliphatic heterocycles. The van der Waals surface area contributed by atoms with Crippen molar-refractivity contribution < 1.29 is 4.74 Å². The lowest BCUT2D eigenvalue weighted by molar-refractivity contribution is 0.487. The van der Waals surface area contributed by atoms with E-state index in [9.17, 15) is 0 Å². The number of benzene rings is 2. The SMILES string of the molecule is Cc1ccc2cccc(Oc3ccc(N)c(C)c3)c2n1. The van der Waals surface area contributed by atoms with Crippen LogP contribution in [0, 0.1) is 13.8 Å². The number of rotatable bonds is 2. The number of fused-ring (bicyclic) bond motifs is 1. The summed E-state index contributed by atoms with van der Waals surface area (Å²) >= 11 is 0. The number of nitrogen functional groups attached to an aromatic ring is 1. The number of nitrogens with two attached hydrogens (primary N) is 1. The lowest BCUT2D eigenvalue weighted by atomic mass is 10.2. The fraction of sp³-hybridized carbons (Fsp3) is 0.118. The molecule has 2 N–H and O–H groups in total. The van der Waals surface area contributed by atoms with E-state index in [1.807, 2.05) is 56.3 Å². The van der Waals surface area contributed by atoms with E-state index >= 15 is 0 Å². The highest BCUT2D eigenvalue weighted by Gasteiger charge is 2.06. The van der Waals surface area contributed by atoms with Crippen LogP contribution >= 0.6 is 0 Å². The number of aromatic nitrogens is 1. The van der Waals surface area contributed by atoms with Crippen LogP contribution in [-0.2, 0) is 0 Å². The van der Waals surface area contributed by atoms with Crippen molar-refractivity contribution in [3.05, 3.63) is 59.8 Å². The Bertz CT molecular complexity index is 781. The van der Waals surface area contributed by atoms with Crippen LogP contribution in [-0.4, -0.2) is 4.98 Å². The monoisotopic (exact) mass is 264 g/mol. The van der Waals surface area contributed by atoms with E-state index in [0.29, 0.717) is 0 Å². The van der Waals surface area contributed by atoms with Gasteiger partial charge in [0, 0.05) is 16.8 Å². The second kappa shape index (κ2) is 4.85. The minimum atomic E-state index is 0.760. The Morgan fingerprint density at radius 1 is 1.00 bits per heavy atom. The molecule has 0 fully saturated rings. The van der Waals surface area contributed by atoms with Crippen molar-refractivity contribution in [2.45, 2.75) is 13.8 Å². The molecule has 0 spiro atoms. The van der Waals surface area contributed by atoms with Crippen molar-refractivity contribution >= 4 is 16.6 Å². The summed E-state index contributed by atoms with van der Waals surface area (Å²) in [4.78, 5) is 4.56. The van der Waals surface area contributed by atoms with E-state index in [-0.39, 0.29) is 0 Å². The molecular formula is C17H16N2O. The third kappa shape index (κ3) is 2.30. The van der Waals surface area contributed by atoms with Crippen LogP contribution < -0.4 is 10.5 Å². The molecule has 0 atom stereocenters. The first-order valence-corrected chi connectivity index (χ1v) is 6.54. The van der Waals surface area contributed by atoms with Gasteiger partial charge in [-0.05, 0) is 49.7 Å². The summed E-state index contributed by atoms with van der Waals surface area (Å²) in [6.45, 7) is 3.94. The molecule has 3 heteroatoms. The maximum absolute atomic E-state index is 5.96. The Labute approximate surface area is 118 Å². The predicted molar refractivity (Wildman–Crippen MR) is 82.1 cm³/mol. The van der Waals surface area contributed by atoms with E-state index in [1.165, 1.54) is 0 Å². The van der Waals surface area contributed by atoms with Gasteiger partial charge < -0.3 is 10.5 Å². The summed E-state index contributed by atoms with van der Waals surface area (Å²) in [7, 11) is 0. The van der Waals surface area contributed by atoms with Crippen molar-refractivity contribution in [3.8, 4) is 11.5 Å². The molecule has 0 saturated carbocycles. The molecular weight excluding hydrogens is 248 g/mol. The zero-order valence-electron chi connectivity index (χ0n) is 11.6. The lowest BCUT2D eigenvalue weighted by Gasteiger charge is -2.10. The molecule has 3 rings (SSSR count). The van der Waals surface area contributed by atoms with Crippen molar-refractivity contribution in [2.75, 3.05) is 5.73 Å². The molecule has 0 amide bonds. The number of hydrogen-bond acceptors (Lipinski definition) is 3. The Kier molecular flexibility index (Phi) is 3.03. The van der Waals surface area contributed by atoms with Gasteiger partial charge in [0.1, 0.15) is 11.3 Å². The van der Waals surface area contributed by atoms with Crippen molar-refractivity contribution in [2.24, 2.45) is 0 Å². The number of nitrogens with zero attached hydrogens (tertiary/aromatic N) is 1. The van der Waals surface area contributed by atoms with E-state index in [0.717, 1.165) is 39.3 Å². The summed E-state index contributed by atoms with van der Waals surface area (Å²) in [5.41, 5.74) is 9.45. The van der Waals surface area contributed by atoms with Crippen LogP contribution in [0.1, 0.15) is 11.3 Å².